The Morgan fingerprint density at radius 1 is 1.44 bits per heavy atom. The van der Waals surface area contributed by atoms with Gasteiger partial charge >= 0.3 is 0 Å². The zero-order chi connectivity index (χ0) is 11.7. The van der Waals surface area contributed by atoms with Gasteiger partial charge in [0.1, 0.15) is 0 Å². The third-order valence-electron chi connectivity index (χ3n) is 2.43. The van der Waals surface area contributed by atoms with E-state index in [9.17, 15) is 4.79 Å². The SMILES string of the molecule is Cc1cc2nc(SCC(N)=O)[nH]c2cc1C. The Morgan fingerprint density at radius 2 is 2.12 bits per heavy atom. The molecule has 0 radical (unpaired) electrons. The topological polar surface area (TPSA) is 71.8 Å². The number of hydrogen-bond donors (Lipinski definition) is 2. The van der Waals surface area contributed by atoms with Gasteiger partial charge in [0.15, 0.2) is 5.16 Å². The minimum absolute atomic E-state index is 0.248. The van der Waals surface area contributed by atoms with E-state index in [1.807, 2.05) is 6.07 Å². The first-order valence-corrected chi connectivity index (χ1v) is 5.93. The number of nitrogens with zero attached hydrogens (tertiary/aromatic N) is 1. The molecule has 0 bridgehead atoms. The summed E-state index contributed by atoms with van der Waals surface area (Å²) in [5, 5.41) is 0.735. The fraction of sp³-hybridized carbons (Fsp3) is 0.273. The van der Waals surface area contributed by atoms with Crippen LogP contribution in [0.3, 0.4) is 0 Å². The minimum Gasteiger partial charge on any atom is -0.369 e. The van der Waals surface area contributed by atoms with Crippen LogP contribution >= 0.6 is 11.8 Å². The number of rotatable bonds is 3. The molecule has 5 heteroatoms. The van der Waals surface area contributed by atoms with Crippen LogP contribution in [0, 0.1) is 13.8 Å². The molecule has 1 aromatic heterocycles. The van der Waals surface area contributed by atoms with E-state index in [0.717, 1.165) is 16.2 Å². The van der Waals surface area contributed by atoms with Crippen LogP contribution < -0.4 is 5.73 Å². The lowest BCUT2D eigenvalue weighted by Crippen LogP contribution is -2.13. The summed E-state index contributed by atoms with van der Waals surface area (Å²) in [6, 6.07) is 4.10. The Bertz CT molecular complexity index is 508. The Morgan fingerprint density at radius 3 is 2.81 bits per heavy atom. The van der Waals surface area contributed by atoms with Gasteiger partial charge in [-0.05, 0) is 37.1 Å². The van der Waals surface area contributed by atoms with Crippen LogP contribution in [-0.4, -0.2) is 21.6 Å². The second kappa shape index (κ2) is 4.17. The van der Waals surface area contributed by atoms with Crippen LogP contribution in [0.1, 0.15) is 11.1 Å². The van der Waals surface area contributed by atoms with Crippen molar-refractivity contribution in [2.75, 3.05) is 5.75 Å². The predicted molar refractivity (Wildman–Crippen MR) is 65.5 cm³/mol. The predicted octanol–water partition coefficient (Wildman–Crippen LogP) is 1.76. The van der Waals surface area contributed by atoms with Crippen LogP contribution in [0.4, 0.5) is 0 Å². The van der Waals surface area contributed by atoms with Gasteiger partial charge in [0.25, 0.3) is 0 Å². The first-order chi connectivity index (χ1) is 7.56. The maximum absolute atomic E-state index is 10.7. The summed E-state index contributed by atoms with van der Waals surface area (Å²) in [6.45, 7) is 4.12. The highest BCUT2D eigenvalue weighted by atomic mass is 32.2. The molecule has 0 aliphatic carbocycles. The molecule has 84 valence electrons. The Hall–Kier alpha value is -1.49. The summed E-state index contributed by atoms with van der Waals surface area (Å²) >= 11 is 1.32. The summed E-state index contributed by atoms with van der Waals surface area (Å²) in [4.78, 5) is 18.2. The molecule has 1 amide bonds. The van der Waals surface area contributed by atoms with Gasteiger partial charge in [-0.15, -0.1) is 0 Å². The highest BCUT2D eigenvalue weighted by Gasteiger charge is 2.06. The standard InChI is InChI=1S/C11H13N3OS/c1-6-3-8-9(4-7(6)2)14-11(13-8)16-5-10(12)15/h3-4H,5H2,1-2H3,(H2,12,15)(H,13,14). The molecule has 0 spiro atoms. The average molecular weight is 235 g/mol. The average Bonchev–Trinajstić information content (AvgIpc) is 2.58. The Balaban J connectivity index is 2.33. The summed E-state index contributed by atoms with van der Waals surface area (Å²) in [5.74, 6) is -0.0876. The molecule has 0 atom stereocenters. The van der Waals surface area contributed by atoms with Crippen molar-refractivity contribution in [1.82, 2.24) is 9.97 Å². The van der Waals surface area contributed by atoms with Crippen LogP contribution in [0.25, 0.3) is 11.0 Å². The van der Waals surface area contributed by atoms with E-state index >= 15 is 0 Å². The zero-order valence-electron chi connectivity index (χ0n) is 9.20. The van der Waals surface area contributed by atoms with Crippen molar-refractivity contribution in [2.24, 2.45) is 5.73 Å². The lowest BCUT2D eigenvalue weighted by atomic mass is 10.1. The molecule has 0 saturated heterocycles. The first-order valence-electron chi connectivity index (χ1n) is 4.94. The molecule has 0 aliphatic heterocycles. The van der Waals surface area contributed by atoms with Gasteiger partial charge in [-0.25, -0.2) is 4.98 Å². The molecule has 1 heterocycles. The number of amides is 1. The van der Waals surface area contributed by atoms with Crippen molar-refractivity contribution in [3.8, 4) is 0 Å². The number of primary amides is 1. The molecular weight excluding hydrogens is 222 g/mol. The molecular formula is C11H13N3OS. The lowest BCUT2D eigenvalue weighted by molar-refractivity contribution is -0.115. The number of nitrogens with two attached hydrogens (primary N) is 1. The minimum atomic E-state index is -0.335. The van der Waals surface area contributed by atoms with Gasteiger partial charge in [-0.1, -0.05) is 11.8 Å². The second-order valence-electron chi connectivity index (χ2n) is 3.75. The lowest BCUT2D eigenvalue weighted by Gasteiger charge is -1.97. The fourth-order valence-electron chi connectivity index (χ4n) is 1.45. The van der Waals surface area contributed by atoms with Gasteiger partial charge in [-0.2, -0.15) is 0 Å². The van der Waals surface area contributed by atoms with E-state index in [1.54, 1.807) is 0 Å². The number of thioether (sulfide) groups is 1. The van der Waals surface area contributed by atoms with E-state index in [0.29, 0.717) is 0 Å². The normalized spacial score (nSPS) is 10.9. The van der Waals surface area contributed by atoms with Gasteiger partial charge in [0.2, 0.25) is 5.91 Å². The fourth-order valence-corrected chi connectivity index (χ4v) is 2.08. The second-order valence-corrected chi connectivity index (χ2v) is 4.71. The maximum Gasteiger partial charge on any atom is 0.227 e. The molecule has 3 N–H and O–H groups in total. The molecule has 2 rings (SSSR count). The van der Waals surface area contributed by atoms with Gasteiger partial charge in [0, 0.05) is 0 Å². The summed E-state index contributed by atoms with van der Waals surface area (Å²) < 4.78 is 0. The zero-order valence-corrected chi connectivity index (χ0v) is 10.0. The highest BCUT2D eigenvalue weighted by molar-refractivity contribution is 7.99. The number of fused-ring (bicyclic) bond motifs is 1. The number of carbonyl (C=O) groups excluding carboxylic acids is 1. The third-order valence-corrected chi connectivity index (χ3v) is 3.32. The van der Waals surface area contributed by atoms with Crippen molar-refractivity contribution < 1.29 is 4.79 Å². The molecule has 0 fully saturated rings. The number of nitrogens with one attached hydrogen (secondary N) is 1. The number of carbonyl (C=O) groups is 1. The molecule has 0 unspecified atom stereocenters. The monoisotopic (exact) mass is 235 g/mol. The molecule has 0 saturated carbocycles. The molecule has 0 aliphatic rings. The van der Waals surface area contributed by atoms with Crippen molar-refractivity contribution in [3.63, 3.8) is 0 Å². The van der Waals surface area contributed by atoms with Crippen molar-refractivity contribution in [2.45, 2.75) is 19.0 Å². The smallest absolute Gasteiger partial charge is 0.227 e. The summed E-state index contributed by atoms with van der Waals surface area (Å²) in [5.41, 5.74) is 9.44. The van der Waals surface area contributed by atoms with Crippen molar-refractivity contribution in [1.29, 1.82) is 0 Å². The van der Waals surface area contributed by atoms with Crippen molar-refractivity contribution in [3.05, 3.63) is 23.3 Å². The van der Waals surface area contributed by atoms with E-state index in [2.05, 4.69) is 29.9 Å². The van der Waals surface area contributed by atoms with E-state index in [4.69, 9.17) is 5.73 Å². The number of imidazole rings is 1. The Labute approximate surface area is 97.6 Å². The van der Waals surface area contributed by atoms with Crippen LogP contribution in [0.15, 0.2) is 17.3 Å². The van der Waals surface area contributed by atoms with E-state index in [1.165, 1.54) is 22.9 Å². The van der Waals surface area contributed by atoms with Gasteiger partial charge in [0.05, 0.1) is 16.8 Å². The number of aromatic nitrogens is 2. The van der Waals surface area contributed by atoms with Gasteiger partial charge < -0.3 is 10.7 Å². The molecule has 4 nitrogen and oxygen atoms in total. The largest absolute Gasteiger partial charge is 0.369 e. The highest BCUT2D eigenvalue weighted by Crippen LogP contribution is 2.21. The number of aryl methyl sites for hydroxylation is 2. The van der Waals surface area contributed by atoms with E-state index in [-0.39, 0.29) is 11.7 Å². The number of H-pyrrole nitrogens is 1. The number of hydrogen-bond acceptors (Lipinski definition) is 3. The summed E-state index contributed by atoms with van der Waals surface area (Å²) in [7, 11) is 0. The quantitative estimate of drug-likeness (QED) is 0.796. The third kappa shape index (κ3) is 2.19. The van der Waals surface area contributed by atoms with Crippen LogP contribution in [-0.2, 0) is 4.79 Å². The molecule has 16 heavy (non-hydrogen) atoms. The van der Waals surface area contributed by atoms with Gasteiger partial charge in [-0.3, -0.25) is 4.79 Å². The van der Waals surface area contributed by atoms with Crippen LogP contribution in [0.5, 0.6) is 0 Å². The van der Waals surface area contributed by atoms with E-state index < -0.39 is 0 Å². The maximum atomic E-state index is 10.7. The van der Waals surface area contributed by atoms with Crippen molar-refractivity contribution >= 4 is 28.7 Å². The molecule has 2 aromatic rings. The number of benzene rings is 1. The Kier molecular flexibility index (Phi) is 2.87. The summed E-state index contributed by atoms with van der Waals surface area (Å²) in [6.07, 6.45) is 0. The van der Waals surface area contributed by atoms with Crippen LogP contribution in [0.2, 0.25) is 0 Å². The first kappa shape index (κ1) is 11.0. The molecule has 1 aromatic carbocycles. The number of aromatic amines is 1.